The SMILES string of the molecule is CCc1ccc(OCc2cc(CNC(C)C)no2)cc1. The number of benzene rings is 1. The average molecular weight is 274 g/mol. The summed E-state index contributed by atoms with van der Waals surface area (Å²) in [5.41, 5.74) is 2.21. The van der Waals surface area contributed by atoms with Gasteiger partial charge in [0, 0.05) is 18.7 Å². The van der Waals surface area contributed by atoms with E-state index in [2.05, 4.69) is 43.4 Å². The van der Waals surface area contributed by atoms with Crippen LogP contribution >= 0.6 is 0 Å². The second kappa shape index (κ2) is 7.10. The van der Waals surface area contributed by atoms with Crippen molar-refractivity contribution < 1.29 is 9.26 Å². The summed E-state index contributed by atoms with van der Waals surface area (Å²) in [6.07, 6.45) is 1.04. The highest BCUT2D eigenvalue weighted by atomic mass is 16.5. The van der Waals surface area contributed by atoms with Crippen molar-refractivity contribution in [1.82, 2.24) is 10.5 Å². The number of hydrogen-bond acceptors (Lipinski definition) is 4. The normalized spacial score (nSPS) is 11.0. The van der Waals surface area contributed by atoms with Crippen LogP contribution in [0.5, 0.6) is 5.75 Å². The molecule has 4 heteroatoms. The molecule has 4 nitrogen and oxygen atoms in total. The molecule has 0 saturated heterocycles. The third-order valence-corrected chi connectivity index (χ3v) is 3.01. The maximum absolute atomic E-state index is 5.68. The summed E-state index contributed by atoms with van der Waals surface area (Å²) in [6, 6.07) is 10.5. The van der Waals surface area contributed by atoms with Crippen molar-refractivity contribution in [1.29, 1.82) is 0 Å². The van der Waals surface area contributed by atoms with E-state index in [1.807, 2.05) is 18.2 Å². The summed E-state index contributed by atoms with van der Waals surface area (Å²) >= 11 is 0. The van der Waals surface area contributed by atoms with Crippen molar-refractivity contribution in [2.45, 2.75) is 46.4 Å². The summed E-state index contributed by atoms with van der Waals surface area (Å²) in [4.78, 5) is 0. The number of nitrogens with zero attached hydrogens (tertiary/aromatic N) is 1. The van der Waals surface area contributed by atoms with E-state index in [4.69, 9.17) is 9.26 Å². The van der Waals surface area contributed by atoms with Crippen molar-refractivity contribution in [2.75, 3.05) is 0 Å². The van der Waals surface area contributed by atoms with Gasteiger partial charge in [-0.15, -0.1) is 0 Å². The molecule has 1 aromatic heterocycles. The fourth-order valence-corrected chi connectivity index (χ4v) is 1.79. The van der Waals surface area contributed by atoms with E-state index in [9.17, 15) is 0 Å². The molecule has 0 radical (unpaired) electrons. The minimum absolute atomic E-state index is 0.403. The number of nitrogens with one attached hydrogen (secondary N) is 1. The van der Waals surface area contributed by atoms with Gasteiger partial charge in [-0.1, -0.05) is 38.1 Å². The molecule has 0 saturated carbocycles. The predicted molar refractivity (Wildman–Crippen MR) is 78.6 cm³/mol. The summed E-state index contributed by atoms with van der Waals surface area (Å²) in [7, 11) is 0. The molecular weight excluding hydrogens is 252 g/mol. The molecule has 0 bridgehead atoms. The zero-order valence-electron chi connectivity index (χ0n) is 12.3. The first-order valence-corrected chi connectivity index (χ1v) is 7.07. The maximum atomic E-state index is 5.68. The second-order valence-corrected chi connectivity index (χ2v) is 5.11. The highest BCUT2D eigenvalue weighted by molar-refractivity contribution is 5.27. The van der Waals surface area contributed by atoms with Gasteiger partial charge >= 0.3 is 0 Å². The van der Waals surface area contributed by atoms with Crippen LogP contribution in [0.4, 0.5) is 0 Å². The molecule has 0 fully saturated rings. The number of hydrogen-bond donors (Lipinski definition) is 1. The molecule has 1 aromatic carbocycles. The minimum atomic E-state index is 0.403. The number of aryl methyl sites for hydroxylation is 1. The average Bonchev–Trinajstić information content (AvgIpc) is 2.91. The largest absolute Gasteiger partial charge is 0.486 e. The van der Waals surface area contributed by atoms with Crippen LogP contribution in [-0.2, 0) is 19.6 Å². The Hall–Kier alpha value is -1.81. The van der Waals surface area contributed by atoms with E-state index in [1.54, 1.807) is 0 Å². The molecule has 0 spiro atoms. The van der Waals surface area contributed by atoms with Gasteiger partial charge in [-0.25, -0.2) is 0 Å². The Bertz CT molecular complexity index is 518. The molecule has 0 aliphatic carbocycles. The summed E-state index contributed by atoms with van der Waals surface area (Å²) in [5.74, 6) is 1.59. The van der Waals surface area contributed by atoms with Crippen molar-refractivity contribution in [2.24, 2.45) is 0 Å². The Kier molecular flexibility index (Phi) is 5.18. The zero-order chi connectivity index (χ0) is 14.4. The Balaban J connectivity index is 1.84. The van der Waals surface area contributed by atoms with E-state index in [0.29, 0.717) is 19.2 Å². The molecule has 1 N–H and O–H groups in total. The van der Waals surface area contributed by atoms with Crippen LogP contribution in [-0.4, -0.2) is 11.2 Å². The van der Waals surface area contributed by atoms with Crippen molar-refractivity contribution in [3.8, 4) is 5.75 Å². The van der Waals surface area contributed by atoms with E-state index in [1.165, 1.54) is 5.56 Å². The lowest BCUT2D eigenvalue weighted by molar-refractivity contribution is 0.248. The van der Waals surface area contributed by atoms with Crippen molar-refractivity contribution in [3.05, 3.63) is 47.3 Å². The van der Waals surface area contributed by atoms with Crippen molar-refractivity contribution >= 4 is 0 Å². The lowest BCUT2D eigenvalue weighted by Crippen LogP contribution is -2.21. The summed E-state index contributed by atoms with van der Waals surface area (Å²) < 4.78 is 10.9. The number of rotatable bonds is 7. The molecule has 1 heterocycles. The van der Waals surface area contributed by atoms with E-state index >= 15 is 0 Å². The van der Waals surface area contributed by atoms with Gasteiger partial charge in [-0.2, -0.15) is 0 Å². The molecule has 20 heavy (non-hydrogen) atoms. The topological polar surface area (TPSA) is 47.3 Å². The number of ether oxygens (including phenoxy) is 1. The van der Waals surface area contributed by atoms with Gasteiger partial charge in [0.15, 0.2) is 5.76 Å². The maximum Gasteiger partial charge on any atom is 0.174 e. The lowest BCUT2D eigenvalue weighted by Gasteiger charge is -2.04. The van der Waals surface area contributed by atoms with Gasteiger partial charge in [-0.05, 0) is 24.1 Å². The third kappa shape index (κ3) is 4.38. The van der Waals surface area contributed by atoms with Gasteiger partial charge in [-0.3, -0.25) is 0 Å². The highest BCUT2D eigenvalue weighted by Gasteiger charge is 2.05. The smallest absolute Gasteiger partial charge is 0.174 e. The van der Waals surface area contributed by atoms with Gasteiger partial charge < -0.3 is 14.6 Å². The molecule has 0 aliphatic heterocycles. The Morgan fingerprint density at radius 1 is 1.25 bits per heavy atom. The molecule has 2 rings (SSSR count). The molecule has 108 valence electrons. The van der Waals surface area contributed by atoms with E-state index in [-0.39, 0.29) is 0 Å². The molecule has 0 unspecified atom stereocenters. The highest BCUT2D eigenvalue weighted by Crippen LogP contribution is 2.15. The van der Waals surface area contributed by atoms with Crippen LogP contribution in [0, 0.1) is 0 Å². The first kappa shape index (κ1) is 14.6. The molecule has 0 atom stereocenters. The summed E-state index contributed by atoms with van der Waals surface area (Å²) in [5, 5.41) is 7.31. The van der Waals surface area contributed by atoms with Crippen LogP contribution in [0.25, 0.3) is 0 Å². The van der Waals surface area contributed by atoms with E-state index in [0.717, 1.165) is 23.6 Å². The first-order chi connectivity index (χ1) is 9.67. The third-order valence-electron chi connectivity index (χ3n) is 3.01. The monoisotopic (exact) mass is 274 g/mol. The van der Waals surface area contributed by atoms with Crippen LogP contribution in [0.3, 0.4) is 0 Å². The quantitative estimate of drug-likeness (QED) is 0.841. The van der Waals surface area contributed by atoms with Gasteiger partial charge in [0.25, 0.3) is 0 Å². The molecular formula is C16H22N2O2. The molecule has 0 aliphatic rings. The lowest BCUT2D eigenvalue weighted by atomic mass is 10.2. The number of aromatic nitrogens is 1. The van der Waals surface area contributed by atoms with E-state index < -0.39 is 0 Å². The second-order valence-electron chi connectivity index (χ2n) is 5.11. The fourth-order valence-electron chi connectivity index (χ4n) is 1.79. The van der Waals surface area contributed by atoms with Gasteiger partial charge in [0.05, 0.1) is 5.69 Å². The standard InChI is InChI=1S/C16H22N2O2/c1-4-13-5-7-15(8-6-13)19-11-16-9-14(18-20-16)10-17-12(2)3/h5-9,12,17H,4,10-11H2,1-3H3. The van der Waals surface area contributed by atoms with Crippen LogP contribution in [0.2, 0.25) is 0 Å². The fraction of sp³-hybridized carbons (Fsp3) is 0.438. The van der Waals surface area contributed by atoms with Gasteiger partial charge in [0.2, 0.25) is 0 Å². The van der Waals surface area contributed by atoms with Crippen molar-refractivity contribution in [3.63, 3.8) is 0 Å². The first-order valence-electron chi connectivity index (χ1n) is 7.07. The van der Waals surface area contributed by atoms with Gasteiger partial charge in [0.1, 0.15) is 12.4 Å². The Labute approximate surface area is 120 Å². The zero-order valence-corrected chi connectivity index (χ0v) is 12.3. The Morgan fingerprint density at radius 2 is 2.00 bits per heavy atom. The summed E-state index contributed by atoms with van der Waals surface area (Å²) in [6.45, 7) is 7.46. The van der Waals surface area contributed by atoms with Crippen LogP contribution < -0.4 is 10.1 Å². The predicted octanol–water partition coefficient (Wildman–Crippen LogP) is 3.31. The van der Waals surface area contributed by atoms with Crippen LogP contribution in [0.15, 0.2) is 34.9 Å². The minimum Gasteiger partial charge on any atom is -0.486 e. The Morgan fingerprint density at radius 3 is 2.65 bits per heavy atom. The van der Waals surface area contributed by atoms with Crippen LogP contribution in [0.1, 0.15) is 37.8 Å². The molecule has 0 amide bonds. The molecule has 2 aromatic rings.